The highest BCUT2D eigenvalue weighted by molar-refractivity contribution is 6.63. The number of hydrogen-bond acceptors (Lipinski definition) is 5. The van der Waals surface area contributed by atoms with Crippen LogP contribution in [0.5, 0.6) is 0 Å². The van der Waals surface area contributed by atoms with Crippen LogP contribution in [0.1, 0.15) is 62.3 Å². The van der Waals surface area contributed by atoms with Crippen molar-refractivity contribution in [1.29, 1.82) is 0 Å². The molecule has 0 bridgehead atoms. The van der Waals surface area contributed by atoms with Crippen LogP contribution in [0.3, 0.4) is 0 Å². The predicted octanol–water partition coefficient (Wildman–Crippen LogP) is 4.37. The summed E-state index contributed by atoms with van der Waals surface area (Å²) in [5, 5.41) is -1.15. The first kappa shape index (κ1) is 21.7. The molecule has 0 atom stereocenters. The van der Waals surface area contributed by atoms with Crippen molar-refractivity contribution >= 4 is 51.0 Å². The second kappa shape index (κ2) is 10.1. The minimum atomic E-state index is -0.573. The Morgan fingerprint density at radius 1 is 0.500 bits per heavy atom. The van der Waals surface area contributed by atoms with Gasteiger partial charge in [0.2, 0.25) is 10.5 Å². The van der Waals surface area contributed by atoms with Crippen LogP contribution in [0.4, 0.5) is 0 Å². The van der Waals surface area contributed by atoms with E-state index in [0.717, 1.165) is 0 Å². The van der Waals surface area contributed by atoms with E-state index in [9.17, 15) is 24.0 Å². The fourth-order valence-electron chi connectivity index (χ4n) is 2.49. The van der Waals surface area contributed by atoms with Gasteiger partial charge in [-0.15, -0.1) is 0 Å². The van der Waals surface area contributed by atoms with Gasteiger partial charge in [0.1, 0.15) is 0 Å². The minimum Gasteiger partial charge on any atom is -0.294 e. The summed E-state index contributed by atoms with van der Waals surface area (Å²) in [6, 6.07) is 12.2. The smallest absolute Gasteiger partial charge is 0.222 e. The summed E-state index contributed by atoms with van der Waals surface area (Å²) in [4.78, 5) is 57.9. The van der Waals surface area contributed by atoms with E-state index in [4.69, 9.17) is 23.2 Å². The molecule has 2 rings (SSSR count). The Morgan fingerprint density at radius 2 is 0.786 bits per heavy atom. The van der Waals surface area contributed by atoms with Gasteiger partial charge in [-0.2, -0.15) is 0 Å². The van der Waals surface area contributed by atoms with Crippen LogP contribution in [-0.2, 0) is 9.59 Å². The number of carbonyl (C=O) groups is 5. The number of halogens is 2. The summed E-state index contributed by atoms with van der Waals surface area (Å²) < 4.78 is 0. The predicted molar refractivity (Wildman–Crippen MR) is 105 cm³/mol. The van der Waals surface area contributed by atoms with E-state index in [-0.39, 0.29) is 43.0 Å². The number of ketones is 3. The van der Waals surface area contributed by atoms with Gasteiger partial charge in [-0.3, -0.25) is 24.0 Å². The topological polar surface area (TPSA) is 85.3 Å². The lowest BCUT2D eigenvalue weighted by molar-refractivity contribution is -0.112. The lowest BCUT2D eigenvalue weighted by Gasteiger charge is -2.05. The van der Waals surface area contributed by atoms with Crippen molar-refractivity contribution in [2.75, 3.05) is 0 Å². The molecule has 0 aliphatic rings. The largest absolute Gasteiger partial charge is 0.294 e. The molecule has 5 nitrogen and oxygen atoms in total. The van der Waals surface area contributed by atoms with E-state index in [1.807, 2.05) is 0 Å². The third-order valence-electron chi connectivity index (χ3n) is 4.04. The van der Waals surface area contributed by atoms with Crippen LogP contribution in [0, 0.1) is 0 Å². The van der Waals surface area contributed by atoms with Crippen molar-refractivity contribution in [3.63, 3.8) is 0 Å². The van der Waals surface area contributed by atoms with Crippen LogP contribution in [0.25, 0.3) is 0 Å². The maximum Gasteiger partial charge on any atom is 0.222 e. The fraction of sp³-hybridized carbons (Fsp3) is 0.190. The number of rotatable bonds is 10. The summed E-state index contributed by atoms with van der Waals surface area (Å²) >= 11 is 10.5. The Hall–Kier alpha value is -2.63. The zero-order valence-corrected chi connectivity index (χ0v) is 16.3. The first-order valence-corrected chi connectivity index (χ1v) is 9.21. The van der Waals surface area contributed by atoms with Crippen LogP contribution < -0.4 is 0 Å². The zero-order valence-electron chi connectivity index (χ0n) is 14.7. The molecule has 0 aromatic heterocycles. The summed E-state index contributed by atoms with van der Waals surface area (Å²) in [5.74, 6) is -0.720. The van der Waals surface area contributed by atoms with Crippen LogP contribution in [0.2, 0.25) is 0 Å². The zero-order chi connectivity index (χ0) is 20.7. The molecule has 2 aromatic rings. The highest BCUT2D eigenvalue weighted by Gasteiger charge is 2.13. The maximum absolute atomic E-state index is 12.5. The molecular formula is C21H16Cl2O5. The van der Waals surface area contributed by atoms with Gasteiger partial charge in [0, 0.05) is 47.9 Å². The summed E-state index contributed by atoms with van der Waals surface area (Å²) in [6.07, 6.45) is -0.0444. The normalized spacial score (nSPS) is 10.4. The highest BCUT2D eigenvalue weighted by Crippen LogP contribution is 2.15. The summed E-state index contributed by atoms with van der Waals surface area (Å²) in [5.41, 5.74) is 1.56. The summed E-state index contributed by atoms with van der Waals surface area (Å²) in [6.45, 7) is 0. The maximum atomic E-state index is 12.5. The SMILES string of the molecule is O=C(Cl)CCC(=O)c1ccc(C(=O)c2ccc(C(=O)CCC(=O)Cl)cc2)cc1. The molecule has 28 heavy (non-hydrogen) atoms. The van der Waals surface area contributed by atoms with Crippen LogP contribution in [0.15, 0.2) is 48.5 Å². The van der Waals surface area contributed by atoms with Crippen molar-refractivity contribution in [2.45, 2.75) is 25.7 Å². The van der Waals surface area contributed by atoms with Crippen LogP contribution in [-0.4, -0.2) is 27.8 Å². The molecular weight excluding hydrogens is 403 g/mol. The lowest BCUT2D eigenvalue weighted by atomic mass is 9.98. The fourth-order valence-corrected chi connectivity index (χ4v) is 2.68. The average Bonchev–Trinajstić information content (AvgIpc) is 2.69. The van der Waals surface area contributed by atoms with Crippen molar-refractivity contribution in [1.82, 2.24) is 0 Å². The molecule has 0 amide bonds. The Morgan fingerprint density at radius 3 is 1.07 bits per heavy atom. The molecule has 0 unspecified atom stereocenters. The molecule has 0 spiro atoms. The van der Waals surface area contributed by atoms with Crippen molar-refractivity contribution in [2.24, 2.45) is 0 Å². The van der Waals surface area contributed by atoms with Gasteiger partial charge in [-0.05, 0) is 23.2 Å². The second-order valence-electron chi connectivity index (χ2n) is 6.04. The first-order valence-electron chi connectivity index (χ1n) is 8.46. The van der Waals surface area contributed by atoms with E-state index >= 15 is 0 Å². The quantitative estimate of drug-likeness (QED) is 0.422. The molecule has 0 heterocycles. The third-order valence-corrected chi connectivity index (χ3v) is 4.41. The summed E-state index contributed by atoms with van der Waals surface area (Å²) in [7, 11) is 0. The lowest BCUT2D eigenvalue weighted by Crippen LogP contribution is -2.05. The van der Waals surface area contributed by atoms with Gasteiger partial charge >= 0.3 is 0 Å². The molecule has 2 aromatic carbocycles. The van der Waals surface area contributed by atoms with Gasteiger partial charge in [0.05, 0.1) is 0 Å². The van der Waals surface area contributed by atoms with Gasteiger partial charge in [0.25, 0.3) is 0 Å². The number of carbonyl (C=O) groups excluding carboxylic acids is 5. The molecule has 0 saturated carbocycles. The van der Waals surface area contributed by atoms with E-state index in [1.165, 1.54) is 48.5 Å². The highest BCUT2D eigenvalue weighted by atomic mass is 35.5. The Bertz CT molecular complexity index is 839. The molecule has 0 saturated heterocycles. The molecule has 0 radical (unpaired) electrons. The molecule has 0 N–H and O–H groups in total. The van der Waals surface area contributed by atoms with Gasteiger partial charge < -0.3 is 0 Å². The third kappa shape index (κ3) is 6.22. The van der Waals surface area contributed by atoms with Crippen molar-refractivity contribution in [3.8, 4) is 0 Å². The van der Waals surface area contributed by atoms with Crippen molar-refractivity contribution < 1.29 is 24.0 Å². The number of benzene rings is 2. The first-order chi connectivity index (χ1) is 13.3. The minimum absolute atomic E-state index is 0.0143. The van der Waals surface area contributed by atoms with Gasteiger partial charge in [-0.1, -0.05) is 48.5 Å². The van der Waals surface area contributed by atoms with E-state index in [0.29, 0.717) is 22.3 Å². The molecule has 0 aliphatic heterocycles. The van der Waals surface area contributed by atoms with E-state index in [1.54, 1.807) is 0 Å². The average molecular weight is 419 g/mol. The molecule has 7 heteroatoms. The monoisotopic (exact) mass is 418 g/mol. The molecule has 144 valence electrons. The van der Waals surface area contributed by atoms with E-state index in [2.05, 4.69) is 0 Å². The van der Waals surface area contributed by atoms with Gasteiger partial charge in [-0.25, -0.2) is 0 Å². The van der Waals surface area contributed by atoms with Crippen LogP contribution >= 0.6 is 23.2 Å². The Labute approximate surface area is 171 Å². The Kier molecular flexibility index (Phi) is 7.79. The van der Waals surface area contributed by atoms with Crippen molar-refractivity contribution in [3.05, 3.63) is 70.8 Å². The standard InChI is InChI=1S/C21H16Cl2O5/c22-19(26)11-9-17(24)13-1-5-15(6-2-13)21(28)16-7-3-14(4-8-16)18(25)10-12-20(23)27/h1-8H,9-12H2. The number of hydrogen-bond donors (Lipinski definition) is 0. The second-order valence-corrected chi connectivity index (χ2v) is 6.88. The molecule has 0 fully saturated rings. The van der Waals surface area contributed by atoms with E-state index < -0.39 is 10.5 Å². The van der Waals surface area contributed by atoms with Gasteiger partial charge in [0.15, 0.2) is 17.3 Å². The Balaban J connectivity index is 2.05. The molecule has 0 aliphatic carbocycles. The number of Topliss-reactive ketones (excluding diaryl/α,β-unsaturated/α-hetero) is 2.